The molecule has 0 unspecified atom stereocenters. The van der Waals surface area contributed by atoms with Crippen LogP contribution >= 0.6 is 11.3 Å². The number of aromatic nitrogens is 4. The molecule has 7 heteroatoms. The molecule has 0 bridgehead atoms. The van der Waals surface area contributed by atoms with Crippen LogP contribution in [0, 0.1) is 0 Å². The molecule has 0 aromatic carbocycles. The lowest BCUT2D eigenvalue weighted by Gasteiger charge is -2.33. The zero-order valence-corrected chi connectivity index (χ0v) is 14.8. The van der Waals surface area contributed by atoms with E-state index in [1.54, 1.807) is 17.5 Å². The van der Waals surface area contributed by atoms with Gasteiger partial charge in [-0.15, -0.1) is 11.3 Å². The Bertz CT molecular complexity index is 817. The summed E-state index contributed by atoms with van der Waals surface area (Å²) in [5.74, 6) is 2.44. The highest BCUT2D eigenvalue weighted by molar-refractivity contribution is 7.07. The van der Waals surface area contributed by atoms with Crippen molar-refractivity contribution in [3.63, 3.8) is 0 Å². The highest BCUT2D eigenvalue weighted by atomic mass is 32.1. The zero-order valence-electron chi connectivity index (χ0n) is 14.0. The maximum atomic E-state index is 9.36. The average Bonchev–Trinajstić information content (AvgIpc) is 3.34. The monoisotopic (exact) mass is 355 g/mol. The summed E-state index contributed by atoms with van der Waals surface area (Å²) < 4.78 is 2.21. The van der Waals surface area contributed by atoms with Gasteiger partial charge in [-0.2, -0.15) is 0 Å². The minimum absolute atomic E-state index is 0.0465. The lowest BCUT2D eigenvalue weighted by Crippen LogP contribution is -2.36. The van der Waals surface area contributed by atoms with Gasteiger partial charge in [0.1, 0.15) is 11.6 Å². The summed E-state index contributed by atoms with van der Waals surface area (Å²) in [5.41, 5.74) is 3.85. The van der Waals surface area contributed by atoms with Gasteiger partial charge >= 0.3 is 0 Å². The van der Waals surface area contributed by atoms with E-state index in [0.717, 1.165) is 55.4 Å². The van der Waals surface area contributed by atoms with Crippen molar-refractivity contribution >= 4 is 17.2 Å². The number of aliphatic hydroxyl groups excluding tert-OH is 1. The Balaban J connectivity index is 1.52. The van der Waals surface area contributed by atoms with E-state index in [9.17, 15) is 5.11 Å². The van der Waals surface area contributed by atoms with E-state index in [1.165, 1.54) is 0 Å². The summed E-state index contributed by atoms with van der Waals surface area (Å²) in [6, 6.07) is 3.83. The number of anilines is 1. The molecule has 3 aromatic heterocycles. The first-order valence-corrected chi connectivity index (χ1v) is 9.46. The van der Waals surface area contributed by atoms with Crippen molar-refractivity contribution in [2.45, 2.75) is 31.9 Å². The molecular formula is C18H21N5OS. The molecule has 3 aromatic rings. The number of piperidine rings is 1. The molecule has 1 saturated heterocycles. The number of nitrogens with zero attached hydrogens (tertiary/aromatic N) is 5. The molecule has 0 amide bonds. The Morgan fingerprint density at radius 1 is 1.24 bits per heavy atom. The number of imidazole rings is 1. The van der Waals surface area contributed by atoms with Crippen LogP contribution in [-0.4, -0.2) is 37.7 Å². The molecule has 4 rings (SSSR count). The third-order valence-corrected chi connectivity index (χ3v) is 5.30. The maximum Gasteiger partial charge on any atom is 0.128 e. The summed E-state index contributed by atoms with van der Waals surface area (Å²) in [6.45, 7) is 2.71. The fourth-order valence-corrected chi connectivity index (χ4v) is 3.98. The minimum atomic E-state index is 0.0465. The largest absolute Gasteiger partial charge is 0.392 e. The SMILES string of the molecule is OCc1ccnc(N2CCC[C@@H](c3nccn3Cc3cscn3)C2)c1. The van der Waals surface area contributed by atoms with E-state index in [4.69, 9.17) is 0 Å². The molecular weight excluding hydrogens is 334 g/mol. The van der Waals surface area contributed by atoms with Crippen molar-refractivity contribution in [3.8, 4) is 0 Å². The second-order valence-electron chi connectivity index (χ2n) is 6.36. The molecule has 1 atom stereocenters. The van der Waals surface area contributed by atoms with Crippen molar-refractivity contribution in [1.29, 1.82) is 0 Å². The Hall–Kier alpha value is -2.25. The van der Waals surface area contributed by atoms with Gasteiger partial charge in [0.05, 0.1) is 24.4 Å². The second-order valence-corrected chi connectivity index (χ2v) is 7.08. The van der Waals surface area contributed by atoms with E-state index >= 15 is 0 Å². The zero-order chi connectivity index (χ0) is 17.1. The molecule has 1 aliphatic rings. The van der Waals surface area contributed by atoms with Crippen LogP contribution in [0.3, 0.4) is 0 Å². The van der Waals surface area contributed by atoms with Gasteiger partial charge in [-0.05, 0) is 30.5 Å². The predicted molar refractivity (Wildman–Crippen MR) is 97.8 cm³/mol. The lowest BCUT2D eigenvalue weighted by atomic mass is 9.97. The quantitative estimate of drug-likeness (QED) is 0.762. The van der Waals surface area contributed by atoms with Gasteiger partial charge in [0, 0.05) is 43.0 Å². The second kappa shape index (κ2) is 7.33. The summed E-state index contributed by atoms with van der Waals surface area (Å²) in [4.78, 5) is 15.8. The number of hydrogen-bond acceptors (Lipinski definition) is 6. The minimum Gasteiger partial charge on any atom is -0.392 e. The third kappa shape index (κ3) is 3.57. The third-order valence-electron chi connectivity index (χ3n) is 4.67. The Kier molecular flexibility index (Phi) is 4.76. The molecule has 1 aliphatic heterocycles. The Labute approximate surface area is 150 Å². The molecule has 0 radical (unpaired) electrons. The molecule has 4 heterocycles. The van der Waals surface area contributed by atoms with Gasteiger partial charge in [-0.25, -0.2) is 15.0 Å². The summed E-state index contributed by atoms with van der Waals surface area (Å²) in [5, 5.41) is 11.4. The molecule has 25 heavy (non-hydrogen) atoms. The fraction of sp³-hybridized carbons (Fsp3) is 0.389. The van der Waals surface area contributed by atoms with Gasteiger partial charge < -0.3 is 14.6 Å². The van der Waals surface area contributed by atoms with Crippen molar-refractivity contribution in [3.05, 3.63) is 58.7 Å². The van der Waals surface area contributed by atoms with Crippen LogP contribution in [0.2, 0.25) is 0 Å². The van der Waals surface area contributed by atoms with E-state index in [0.29, 0.717) is 5.92 Å². The van der Waals surface area contributed by atoms with Crippen LogP contribution < -0.4 is 4.90 Å². The number of aliphatic hydroxyl groups is 1. The number of thiazole rings is 1. The van der Waals surface area contributed by atoms with Crippen LogP contribution in [-0.2, 0) is 13.2 Å². The van der Waals surface area contributed by atoms with Crippen molar-refractivity contribution in [2.24, 2.45) is 0 Å². The summed E-state index contributed by atoms with van der Waals surface area (Å²) in [7, 11) is 0. The molecule has 130 valence electrons. The highest BCUT2D eigenvalue weighted by Gasteiger charge is 2.25. The van der Waals surface area contributed by atoms with Crippen molar-refractivity contribution in [2.75, 3.05) is 18.0 Å². The number of pyridine rings is 1. The van der Waals surface area contributed by atoms with Gasteiger partial charge in [0.25, 0.3) is 0 Å². The smallest absolute Gasteiger partial charge is 0.128 e. The summed E-state index contributed by atoms with van der Waals surface area (Å²) in [6.07, 6.45) is 7.93. The molecule has 0 saturated carbocycles. The van der Waals surface area contributed by atoms with E-state index in [2.05, 4.69) is 29.8 Å². The van der Waals surface area contributed by atoms with Crippen LogP contribution in [0.4, 0.5) is 5.82 Å². The van der Waals surface area contributed by atoms with Gasteiger partial charge in [-0.1, -0.05) is 0 Å². The molecule has 6 nitrogen and oxygen atoms in total. The Morgan fingerprint density at radius 2 is 2.20 bits per heavy atom. The van der Waals surface area contributed by atoms with Crippen molar-refractivity contribution < 1.29 is 5.11 Å². The molecule has 1 N–H and O–H groups in total. The molecule has 0 spiro atoms. The first kappa shape index (κ1) is 16.2. The lowest BCUT2D eigenvalue weighted by molar-refractivity contribution is 0.281. The van der Waals surface area contributed by atoms with Crippen molar-refractivity contribution in [1.82, 2.24) is 19.5 Å². The Morgan fingerprint density at radius 3 is 3.04 bits per heavy atom. The number of hydrogen-bond donors (Lipinski definition) is 1. The van der Waals surface area contributed by atoms with E-state index < -0.39 is 0 Å². The maximum absolute atomic E-state index is 9.36. The van der Waals surface area contributed by atoms with Crippen LogP contribution in [0.25, 0.3) is 0 Å². The fourth-order valence-electron chi connectivity index (χ4n) is 3.43. The first-order chi connectivity index (χ1) is 12.3. The van der Waals surface area contributed by atoms with Gasteiger partial charge in [0.15, 0.2) is 0 Å². The van der Waals surface area contributed by atoms with E-state index in [-0.39, 0.29) is 6.61 Å². The first-order valence-electron chi connectivity index (χ1n) is 8.52. The highest BCUT2D eigenvalue weighted by Crippen LogP contribution is 2.29. The predicted octanol–water partition coefficient (Wildman–Crippen LogP) is 2.66. The average molecular weight is 355 g/mol. The van der Waals surface area contributed by atoms with Gasteiger partial charge in [-0.3, -0.25) is 0 Å². The van der Waals surface area contributed by atoms with E-state index in [1.807, 2.05) is 30.0 Å². The summed E-state index contributed by atoms with van der Waals surface area (Å²) >= 11 is 1.62. The topological polar surface area (TPSA) is 67.1 Å². The van der Waals surface area contributed by atoms with Crippen LogP contribution in [0.15, 0.2) is 41.6 Å². The number of rotatable bonds is 5. The molecule has 0 aliphatic carbocycles. The normalized spacial score (nSPS) is 17.8. The van der Waals surface area contributed by atoms with Crippen LogP contribution in [0.1, 0.15) is 35.8 Å². The van der Waals surface area contributed by atoms with Crippen LogP contribution in [0.5, 0.6) is 0 Å². The van der Waals surface area contributed by atoms with Gasteiger partial charge in [0.2, 0.25) is 0 Å². The molecule has 1 fully saturated rings. The standard InChI is InChI=1S/C18H21N5OS/c24-11-14-3-4-19-17(8-14)22-6-1-2-15(9-22)18-20-5-7-23(18)10-16-12-25-13-21-16/h3-5,7-8,12-13,15,24H,1-2,6,9-11H2/t15-/m1/s1.